The molecule has 0 aromatic heterocycles. The van der Waals surface area contributed by atoms with E-state index in [0.29, 0.717) is 0 Å². The molecule has 1 unspecified atom stereocenters. The maximum absolute atomic E-state index is 5.38. The second kappa shape index (κ2) is 4.37. The molecule has 0 bridgehead atoms. The zero-order valence-electron chi connectivity index (χ0n) is 9.32. The average molecular weight is 211 g/mol. The molecule has 1 saturated carbocycles. The van der Waals surface area contributed by atoms with Crippen LogP contribution in [0.15, 0.2) is 0 Å². The van der Waals surface area contributed by atoms with E-state index in [2.05, 4.69) is 15.3 Å². The summed E-state index contributed by atoms with van der Waals surface area (Å²) in [6.07, 6.45) is 4.11. The Hall–Kier alpha value is -0.160. The van der Waals surface area contributed by atoms with Gasteiger partial charge >= 0.3 is 0 Å². The zero-order valence-corrected chi connectivity index (χ0v) is 9.32. The average Bonchev–Trinajstić information content (AvgIpc) is 2.96. The van der Waals surface area contributed by atoms with Gasteiger partial charge in [0.15, 0.2) is 0 Å². The third kappa shape index (κ3) is 2.50. The topological polar surface area (TPSA) is 27.7 Å². The molecular weight excluding hydrogens is 190 g/mol. The van der Waals surface area contributed by atoms with Crippen molar-refractivity contribution in [1.29, 1.82) is 0 Å². The van der Waals surface area contributed by atoms with E-state index in [1.54, 1.807) is 0 Å². The predicted octanol–water partition coefficient (Wildman–Crippen LogP) is 0.0599. The molecule has 0 aromatic carbocycles. The third-order valence-electron chi connectivity index (χ3n) is 3.60. The van der Waals surface area contributed by atoms with E-state index in [1.807, 2.05) is 0 Å². The first kappa shape index (κ1) is 10.0. The molecule has 0 radical (unpaired) electrons. The molecule has 1 N–H and O–H groups in total. The fourth-order valence-electron chi connectivity index (χ4n) is 2.55. The highest BCUT2D eigenvalue weighted by Gasteiger charge is 2.31. The summed E-state index contributed by atoms with van der Waals surface area (Å²) in [6, 6.07) is 1.58. The van der Waals surface area contributed by atoms with Crippen LogP contribution in [0.2, 0.25) is 0 Å². The maximum Gasteiger partial charge on any atom is 0.0608 e. The largest absolute Gasteiger partial charge is 0.379 e. The Balaban J connectivity index is 1.46. The molecule has 0 spiro atoms. The van der Waals surface area contributed by atoms with Crippen LogP contribution in [0, 0.1) is 0 Å². The van der Waals surface area contributed by atoms with Crippen LogP contribution in [0.5, 0.6) is 0 Å². The summed E-state index contributed by atoms with van der Waals surface area (Å²) in [5.41, 5.74) is 0. The van der Waals surface area contributed by atoms with Crippen molar-refractivity contribution in [3.05, 3.63) is 0 Å². The van der Waals surface area contributed by atoms with Crippen molar-refractivity contribution in [2.24, 2.45) is 0 Å². The van der Waals surface area contributed by atoms with Crippen LogP contribution in [0.25, 0.3) is 0 Å². The van der Waals surface area contributed by atoms with Crippen LogP contribution in [-0.2, 0) is 4.74 Å². The molecule has 4 nitrogen and oxygen atoms in total. The van der Waals surface area contributed by atoms with Gasteiger partial charge in [-0.3, -0.25) is 0 Å². The van der Waals surface area contributed by atoms with E-state index < -0.39 is 0 Å². The molecule has 2 saturated heterocycles. The van der Waals surface area contributed by atoms with Crippen LogP contribution >= 0.6 is 0 Å². The molecule has 3 aliphatic rings. The van der Waals surface area contributed by atoms with E-state index in [4.69, 9.17) is 4.74 Å². The van der Waals surface area contributed by atoms with Gasteiger partial charge in [-0.15, -0.1) is 0 Å². The lowest BCUT2D eigenvalue weighted by Gasteiger charge is -2.34. The molecule has 1 aliphatic carbocycles. The quantitative estimate of drug-likeness (QED) is 0.714. The fraction of sp³-hybridized carbons (Fsp3) is 1.00. The van der Waals surface area contributed by atoms with Gasteiger partial charge in [0.25, 0.3) is 0 Å². The highest BCUT2D eigenvalue weighted by Crippen LogP contribution is 2.22. The number of nitrogens with zero attached hydrogens (tertiary/aromatic N) is 2. The molecule has 1 atom stereocenters. The van der Waals surface area contributed by atoms with Crippen molar-refractivity contribution < 1.29 is 4.74 Å². The van der Waals surface area contributed by atoms with E-state index >= 15 is 0 Å². The molecule has 0 amide bonds. The molecule has 2 aliphatic heterocycles. The summed E-state index contributed by atoms with van der Waals surface area (Å²) in [4.78, 5) is 0. The Bertz CT molecular complexity index is 214. The third-order valence-corrected chi connectivity index (χ3v) is 3.60. The van der Waals surface area contributed by atoms with Crippen molar-refractivity contribution in [3.63, 3.8) is 0 Å². The van der Waals surface area contributed by atoms with Crippen molar-refractivity contribution in [2.45, 2.75) is 31.3 Å². The summed E-state index contributed by atoms with van der Waals surface area (Å²) in [6.45, 7) is 6.39. The minimum Gasteiger partial charge on any atom is -0.379 e. The molecular formula is C11H21N3O. The zero-order chi connectivity index (χ0) is 10.1. The van der Waals surface area contributed by atoms with E-state index in [-0.39, 0.29) is 0 Å². The van der Waals surface area contributed by atoms with E-state index in [1.165, 1.54) is 32.4 Å². The lowest BCUT2D eigenvalue weighted by Crippen LogP contribution is -2.48. The van der Waals surface area contributed by atoms with Gasteiger partial charge in [0.05, 0.1) is 13.2 Å². The van der Waals surface area contributed by atoms with Crippen LogP contribution < -0.4 is 5.32 Å². The van der Waals surface area contributed by atoms with Crippen LogP contribution in [0.4, 0.5) is 0 Å². The second-order valence-corrected chi connectivity index (χ2v) is 4.91. The summed E-state index contributed by atoms with van der Waals surface area (Å²) in [5.74, 6) is 0. The number of rotatable bonds is 3. The Morgan fingerprint density at radius 2 is 1.67 bits per heavy atom. The highest BCUT2D eigenvalue weighted by molar-refractivity contribution is 4.89. The number of nitrogens with one attached hydrogen (secondary N) is 1. The van der Waals surface area contributed by atoms with Crippen molar-refractivity contribution in [2.75, 3.05) is 39.4 Å². The van der Waals surface area contributed by atoms with Gasteiger partial charge in [-0.2, -0.15) is 0 Å². The summed E-state index contributed by atoms with van der Waals surface area (Å²) in [5, 5.41) is 8.71. The number of hydrogen-bond acceptors (Lipinski definition) is 4. The Morgan fingerprint density at radius 3 is 2.40 bits per heavy atom. The second-order valence-electron chi connectivity index (χ2n) is 4.91. The summed E-state index contributed by atoms with van der Waals surface area (Å²) in [7, 11) is 0. The lowest BCUT2D eigenvalue weighted by molar-refractivity contribution is -0.0782. The predicted molar refractivity (Wildman–Crippen MR) is 58.5 cm³/mol. The minimum absolute atomic E-state index is 0.736. The standard InChI is InChI=1S/C11H21N3O/c1-2-10(1)12-11-3-4-14(9-11)13-5-7-15-8-6-13/h10-12H,1-9H2. The lowest BCUT2D eigenvalue weighted by atomic mass is 10.2. The van der Waals surface area contributed by atoms with Gasteiger partial charge in [0, 0.05) is 38.3 Å². The maximum atomic E-state index is 5.38. The molecule has 86 valence electrons. The fourth-order valence-corrected chi connectivity index (χ4v) is 2.55. The Labute approximate surface area is 91.5 Å². The van der Waals surface area contributed by atoms with Gasteiger partial charge in [0.2, 0.25) is 0 Å². The molecule has 15 heavy (non-hydrogen) atoms. The van der Waals surface area contributed by atoms with Crippen LogP contribution in [0.3, 0.4) is 0 Å². The van der Waals surface area contributed by atoms with E-state index in [9.17, 15) is 0 Å². The minimum atomic E-state index is 0.736. The van der Waals surface area contributed by atoms with Gasteiger partial charge in [-0.25, -0.2) is 10.0 Å². The van der Waals surface area contributed by atoms with Gasteiger partial charge in [0.1, 0.15) is 0 Å². The Morgan fingerprint density at radius 1 is 0.867 bits per heavy atom. The van der Waals surface area contributed by atoms with Crippen LogP contribution in [-0.4, -0.2) is 61.5 Å². The molecule has 3 fully saturated rings. The number of hydrogen-bond donors (Lipinski definition) is 1. The van der Waals surface area contributed by atoms with Crippen molar-refractivity contribution >= 4 is 0 Å². The van der Waals surface area contributed by atoms with E-state index in [0.717, 1.165) is 38.4 Å². The molecule has 4 heteroatoms. The first-order valence-corrected chi connectivity index (χ1v) is 6.25. The van der Waals surface area contributed by atoms with Crippen molar-refractivity contribution in [1.82, 2.24) is 15.3 Å². The summed E-state index contributed by atoms with van der Waals surface area (Å²) >= 11 is 0. The smallest absolute Gasteiger partial charge is 0.0608 e. The normalized spacial score (nSPS) is 34.8. The van der Waals surface area contributed by atoms with Gasteiger partial charge < -0.3 is 10.1 Å². The number of hydrazine groups is 1. The first-order valence-electron chi connectivity index (χ1n) is 6.25. The van der Waals surface area contributed by atoms with Crippen LogP contribution in [0.1, 0.15) is 19.3 Å². The van der Waals surface area contributed by atoms with Gasteiger partial charge in [-0.05, 0) is 19.3 Å². The monoisotopic (exact) mass is 211 g/mol. The SMILES string of the molecule is C1CN(N2CCC(NC3CC3)C2)CCO1. The highest BCUT2D eigenvalue weighted by atomic mass is 16.5. The number of ether oxygens (including phenoxy) is 1. The first-order chi connectivity index (χ1) is 7.42. The van der Waals surface area contributed by atoms with Gasteiger partial charge in [-0.1, -0.05) is 0 Å². The molecule has 0 aromatic rings. The number of morpholine rings is 1. The molecule has 3 rings (SSSR count). The Kier molecular flexibility index (Phi) is 2.92. The molecule has 2 heterocycles. The van der Waals surface area contributed by atoms with Crippen molar-refractivity contribution in [3.8, 4) is 0 Å². The summed E-state index contributed by atoms with van der Waals surface area (Å²) < 4.78 is 5.38.